The zero-order valence-corrected chi connectivity index (χ0v) is 40.8. The van der Waals surface area contributed by atoms with Gasteiger partial charge in [-0.05, 0) is 60.4 Å². The van der Waals surface area contributed by atoms with E-state index in [2.05, 4.69) is 50.2 Å². The van der Waals surface area contributed by atoms with Gasteiger partial charge in [0.15, 0.2) is 18.4 Å². The highest BCUT2D eigenvalue weighted by molar-refractivity contribution is 5.17. The van der Waals surface area contributed by atoms with Gasteiger partial charge < -0.3 is 52.1 Å². The average Bonchev–Trinajstić information content (AvgIpc) is 3.71. The molecule has 3 aliphatic heterocycles. The summed E-state index contributed by atoms with van der Waals surface area (Å²) in [6, 6.07) is 50.6. The Bertz CT molecular complexity index is 2160. The minimum absolute atomic E-state index is 0.161. The number of benzene rings is 5. The molecule has 11 nitrogen and oxygen atoms in total. The van der Waals surface area contributed by atoms with Crippen LogP contribution in [-0.4, -0.2) is 87.0 Å². The third-order valence-corrected chi connectivity index (χ3v) is 12.8. The first-order valence-corrected chi connectivity index (χ1v) is 25.0. The molecule has 0 radical (unpaired) electrons. The van der Waals surface area contributed by atoms with Crippen molar-refractivity contribution < 1.29 is 52.1 Å². The molecule has 3 fully saturated rings. The molecule has 3 aliphatic rings. The first kappa shape index (κ1) is 51.0. The van der Waals surface area contributed by atoms with E-state index in [1.165, 1.54) is 0 Å². The molecule has 10 atom stereocenters. The zero-order chi connectivity index (χ0) is 47.7. The van der Waals surface area contributed by atoms with Gasteiger partial charge in [0.1, 0.15) is 48.8 Å². The molecule has 3 saturated heterocycles. The van der Waals surface area contributed by atoms with Crippen LogP contribution in [-0.2, 0) is 85.1 Å². The van der Waals surface area contributed by atoms with E-state index in [0.717, 1.165) is 53.5 Å². The molecule has 0 amide bonds. The van der Waals surface area contributed by atoms with Gasteiger partial charge in [-0.15, -0.1) is 0 Å². The second-order valence-electron chi connectivity index (χ2n) is 18.8. The van der Waals surface area contributed by atoms with Gasteiger partial charge in [-0.3, -0.25) is 0 Å². The van der Waals surface area contributed by atoms with Crippen LogP contribution in [0.5, 0.6) is 0 Å². The van der Waals surface area contributed by atoms with Gasteiger partial charge in [0.05, 0.1) is 52.9 Å². The van der Waals surface area contributed by atoms with Gasteiger partial charge in [-0.25, -0.2) is 0 Å². The van der Waals surface area contributed by atoms with Crippen LogP contribution in [0.15, 0.2) is 152 Å². The van der Waals surface area contributed by atoms with E-state index in [1.807, 2.05) is 129 Å². The van der Waals surface area contributed by atoms with Gasteiger partial charge in [0.2, 0.25) is 0 Å². The molecule has 0 spiro atoms. The highest BCUT2D eigenvalue weighted by Crippen LogP contribution is 2.41. The molecular formula is C58H72O11. The van der Waals surface area contributed by atoms with Crippen molar-refractivity contribution in [3.8, 4) is 0 Å². The topological polar surface area (TPSA) is 102 Å². The van der Waals surface area contributed by atoms with Crippen LogP contribution in [0, 0.1) is 5.92 Å². The van der Waals surface area contributed by atoms with E-state index < -0.39 is 67.2 Å². The first-order chi connectivity index (χ1) is 33.9. The summed E-state index contributed by atoms with van der Waals surface area (Å²) in [4.78, 5) is 0. The van der Waals surface area contributed by atoms with E-state index in [0.29, 0.717) is 32.3 Å². The molecule has 0 aliphatic carbocycles. The van der Waals surface area contributed by atoms with Gasteiger partial charge in [-0.2, -0.15) is 0 Å². The fraction of sp³-hybridized carbons (Fsp3) is 0.483. The Morgan fingerprint density at radius 1 is 0.435 bits per heavy atom. The average molecular weight is 945 g/mol. The molecule has 11 heteroatoms. The summed E-state index contributed by atoms with van der Waals surface area (Å²) in [6.45, 7) is 10.8. The van der Waals surface area contributed by atoms with Crippen molar-refractivity contribution in [2.45, 2.75) is 154 Å². The molecule has 0 bridgehead atoms. The second-order valence-corrected chi connectivity index (χ2v) is 18.8. The Hall–Kier alpha value is -4.34. The van der Waals surface area contributed by atoms with Crippen LogP contribution < -0.4 is 0 Å². The molecular weight excluding hydrogens is 873 g/mol. The summed E-state index contributed by atoms with van der Waals surface area (Å²) in [5.41, 5.74) is 5.09. The molecule has 5 aromatic rings. The van der Waals surface area contributed by atoms with Gasteiger partial charge in [-0.1, -0.05) is 178 Å². The van der Waals surface area contributed by atoms with E-state index in [4.69, 9.17) is 52.1 Å². The van der Waals surface area contributed by atoms with Crippen LogP contribution in [0.1, 0.15) is 81.2 Å². The summed E-state index contributed by atoms with van der Waals surface area (Å²) >= 11 is 0. The summed E-state index contributed by atoms with van der Waals surface area (Å²) in [6.07, 6.45) is -3.04. The molecule has 0 unspecified atom stereocenters. The van der Waals surface area contributed by atoms with Crippen molar-refractivity contribution in [2.24, 2.45) is 5.92 Å². The molecule has 5 aromatic carbocycles. The van der Waals surface area contributed by atoms with Crippen LogP contribution in [0.4, 0.5) is 0 Å². The summed E-state index contributed by atoms with van der Waals surface area (Å²) in [5, 5.41) is 0. The molecule has 370 valence electrons. The van der Waals surface area contributed by atoms with Crippen molar-refractivity contribution in [3.05, 3.63) is 179 Å². The predicted octanol–water partition coefficient (Wildman–Crippen LogP) is 10.8. The van der Waals surface area contributed by atoms with Gasteiger partial charge in [0, 0.05) is 0 Å². The number of ether oxygens (including phenoxy) is 11. The molecule has 0 saturated carbocycles. The maximum atomic E-state index is 7.45. The fourth-order valence-corrected chi connectivity index (χ4v) is 9.48. The highest BCUT2D eigenvalue weighted by atomic mass is 16.8. The predicted molar refractivity (Wildman–Crippen MR) is 263 cm³/mol. The standard InChI is InChI=1S/C58H72O11/c1-5-22-42(23-6-2)39-64-56-54(62-37-46-30-18-10-19-31-46)52(61-36-45-28-16-9-17-29-45)50(48(65-56)40-59-34-43-24-12-7-13-25-43)67-57-55(63-38-47-32-20-11-21-33-47)53-51(68-58(3,4)69-53)49(66-57)41-60-35-44-26-14-8-15-27-44/h7-21,24-33,42,48-57H,5-6,22-23,34-41H2,1-4H3/t48-,49-,50-,51+,52+,53+,54-,55-,56-,57+/m1/s1. The Kier molecular flexibility index (Phi) is 19.4. The van der Waals surface area contributed by atoms with Gasteiger partial charge >= 0.3 is 0 Å². The maximum Gasteiger partial charge on any atom is 0.187 e. The van der Waals surface area contributed by atoms with Crippen molar-refractivity contribution in [3.63, 3.8) is 0 Å². The number of hydrogen-bond acceptors (Lipinski definition) is 11. The third-order valence-electron chi connectivity index (χ3n) is 12.8. The Balaban J connectivity index is 1.16. The number of fused-ring (bicyclic) bond motifs is 1. The lowest BCUT2D eigenvalue weighted by molar-refractivity contribution is -0.368. The Labute approximate surface area is 409 Å². The smallest absolute Gasteiger partial charge is 0.187 e. The fourth-order valence-electron chi connectivity index (χ4n) is 9.48. The molecule has 0 N–H and O–H groups in total. The van der Waals surface area contributed by atoms with E-state index in [1.54, 1.807) is 0 Å². The highest BCUT2D eigenvalue weighted by Gasteiger charge is 2.58. The lowest BCUT2D eigenvalue weighted by Crippen LogP contribution is -2.65. The maximum absolute atomic E-state index is 7.45. The second kappa shape index (κ2) is 26.2. The van der Waals surface area contributed by atoms with Crippen molar-refractivity contribution in [1.29, 1.82) is 0 Å². The van der Waals surface area contributed by atoms with E-state index >= 15 is 0 Å². The summed E-state index contributed by atoms with van der Waals surface area (Å²) < 4.78 is 75.9. The number of rotatable bonds is 26. The van der Waals surface area contributed by atoms with E-state index in [-0.39, 0.29) is 26.4 Å². The van der Waals surface area contributed by atoms with E-state index in [9.17, 15) is 0 Å². The van der Waals surface area contributed by atoms with Crippen molar-refractivity contribution in [2.75, 3.05) is 19.8 Å². The summed E-state index contributed by atoms with van der Waals surface area (Å²) in [7, 11) is 0. The first-order valence-electron chi connectivity index (χ1n) is 25.0. The van der Waals surface area contributed by atoms with Crippen molar-refractivity contribution >= 4 is 0 Å². The lowest BCUT2D eigenvalue weighted by atomic mass is 9.96. The van der Waals surface area contributed by atoms with Crippen LogP contribution in [0.3, 0.4) is 0 Å². The minimum atomic E-state index is -1.00. The monoisotopic (exact) mass is 945 g/mol. The Morgan fingerprint density at radius 2 is 0.841 bits per heavy atom. The van der Waals surface area contributed by atoms with Crippen LogP contribution >= 0.6 is 0 Å². The van der Waals surface area contributed by atoms with Crippen LogP contribution in [0.2, 0.25) is 0 Å². The molecule has 0 aromatic heterocycles. The Morgan fingerprint density at radius 3 is 1.32 bits per heavy atom. The molecule has 8 rings (SSSR count). The van der Waals surface area contributed by atoms with Crippen molar-refractivity contribution in [1.82, 2.24) is 0 Å². The zero-order valence-electron chi connectivity index (χ0n) is 40.8. The van der Waals surface area contributed by atoms with Crippen LogP contribution in [0.25, 0.3) is 0 Å². The largest absolute Gasteiger partial charge is 0.374 e. The summed E-state index contributed by atoms with van der Waals surface area (Å²) in [5.74, 6) is -0.578. The minimum Gasteiger partial charge on any atom is -0.374 e. The molecule has 69 heavy (non-hydrogen) atoms. The normalized spacial score (nSPS) is 26.5. The SMILES string of the molecule is CCCC(CCC)CO[C@@H]1O[C@H](COCc2ccccc2)[C@@H](O[C@@H]2O[C@H](COCc3ccccc3)[C@@H]3OC(C)(C)O[C@@H]3[C@H]2OCc2ccccc2)[C@H](OCc2ccccc2)[C@H]1OCc1ccccc1. The quantitative estimate of drug-likeness (QED) is 0.0530. The number of hydrogen-bond donors (Lipinski definition) is 0. The molecule has 3 heterocycles. The van der Waals surface area contributed by atoms with Gasteiger partial charge in [0.25, 0.3) is 0 Å². The third kappa shape index (κ3) is 14.9. The lowest BCUT2D eigenvalue weighted by Gasteiger charge is -2.49.